The minimum atomic E-state index is -0.499. The molecule has 0 fully saturated rings. The van der Waals surface area contributed by atoms with Crippen molar-refractivity contribution in [2.45, 2.75) is 0 Å². The standard InChI is InChI=1S/C15H31N15O5/c16-10-17-1-18-11-19-2-20-12(23-5-31)28-15(25-7-33)30(9-35)4-22-14(27-11)29(8-34)3-21-13(26-10)24-6-32/h31-35H,1-9H2,(H8,16,17,18,19,20,21,22,23,24,25,26,27,28)/p+2. The average Bonchev–Trinajstić information content (AvgIpc) is 2.82. The summed E-state index contributed by atoms with van der Waals surface area (Å²) in [5.41, 5.74) is 5.83. The van der Waals surface area contributed by atoms with Gasteiger partial charge in [0.15, 0.2) is 39.5 Å². The Labute approximate surface area is 199 Å². The fourth-order valence-corrected chi connectivity index (χ4v) is 2.59. The van der Waals surface area contributed by atoms with Gasteiger partial charge in [-0.1, -0.05) is 0 Å². The Bertz CT molecular complexity index is 884. The van der Waals surface area contributed by atoms with Gasteiger partial charge in [-0.15, -0.1) is 0 Å². The first kappa shape index (κ1) is 27.3. The van der Waals surface area contributed by atoms with E-state index in [0.29, 0.717) is 0 Å². The number of nitrogens with zero attached hydrogens (tertiary/aromatic N) is 6. The molecule has 2 heterocycles. The third-order valence-electron chi connectivity index (χ3n) is 4.22. The highest BCUT2D eigenvalue weighted by atomic mass is 16.3. The number of rotatable bonds is 5. The molecule has 0 unspecified atom stereocenters. The van der Waals surface area contributed by atoms with Crippen molar-refractivity contribution in [2.24, 2.45) is 25.7 Å². The molecule has 20 nitrogen and oxygen atoms in total. The van der Waals surface area contributed by atoms with Gasteiger partial charge in [0.25, 0.3) is 11.9 Å². The van der Waals surface area contributed by atoms with Crippen LogP contribution in [0.15, 0.2) is 20.0 Å². The molecule has 2 aliphatic rings. The zero-order chi connectivity index (χ0) is 25.5. The minimum Gasteiger partial charge on any atom is -0.376 e. The van der Waals surface area contributed by atoms with Crippen molar-refractivity contribution >= 4 is 35.8 Å². The van der Waals surface area contributed by atoms with Gasteiger partial charge < -0.3 is 47.2 Å². The second-order valence-corrected chi connectivity index (χ2v) is 6.46. The van der Waals surface area contributed by atoms with Crippen LogP contribution in [0.25, 0.3) is 0 Å². The van der Waals surface area contributed by atoms with Crippen molar-refractivity contribution < 1.29 is 34.7 Å². The molecular weight excluding hydrogens is 470 g/mol. The van der Waals surface area contributed by atoms with Gasteiger partial charge in [-0.2, -0.15) is 0 Å². The molecule has 196 valence electrons. The SMILES string of the molecule is NC1=NCNC2=NCN=C(NCO)NC(NCO)=[N+](CO)CNC(=[N+](CO)CN=C(NCO)N1)N2. The van der Waals surface area contributed by atoms with Crippen molar-refractivity contribution in [3.63, 3.8) is 0 Å². The van der Waals surface area contributed by atoms with Crippen molar-refractivity contribution in [1.29, 1.82) is 0 Å². The normalized spacial score (nSPS) is 18.0. The Morgan fingerprint density at radius 2 is 1.46 bits per heavy atom. The van der Waals surface area contributed by atoms with Crippen LogP contribution >= 0.6 is 0 Å². The van der Waals surface area contributed by atoms with Crippen LogP contribution in [0.1, 0.15) is 0 Å². The summed E-state index contributed by atoms with van der Waals surface area (Å²) in [5, 5.41) is 70.0. The Hall–Kier alpha value is -3.98. The number of nitrogens with one attached hydrogen (secondary N) is 8. The van der Waals surface area contributed by atoms with Crippen molar-refractivity contribution in [3.8, 4) is 0 Å². The first-order valence-corrected chi connectivity index (χ1v) is 10.3. The minimum absolute atomic E-state index is 0.000839. The van der Waals surface area contributed by atoms with Gasteiger partial charge >= 0.3 is 11.9 Å². The molecule has 0 spiro atoms. The van der Waals surface area contributed by atoms with Crippen molar-refractivity contribution in [3.05, 3.63) is 0 Å². The fourth-order valence-electron chi connectivity index (χ4n) is 2.59. The molecule has 20 heteroatoms. The Balaban J connectivity index is 2.55. The number of aliphatic hydroxyl groups excluding tert-OH is 5. The van der Waals surface area contributed by atoms with E-state index < -0.39 is 33.7 Å². The summed E-state index contributed by atoms with van der Waals surface area (Å²) in [6.45, 7) is -2.66. The summed E-state index contributed by atoms with van der Waals surface area (Å²) < 4.78 is 2.73. The average molecular weight is 504 g/mol. The third kappa shape index (κ3) is 9.05. The molecule has 0 aromatic rings. The monoisotopic (exact) mass is 503 g/mol. The fraction of sp³-hybridized carbons (Fsp3) is 0.600. The molecule has 0 aromatic carbocycles. The predicted molar refractivity (Wildman–Crippen MR) is 124 cm³/mol. The highest BCUT2D eigenvalue weighted by molar-refractivity contribution is 5.99. The van der Waals surface area contributed by atoms with E-state index in [4.69, 9.17) is 5.73 Å². The van der Waals surface area contributed by atoms with Crippen LogP contribution in [-0.4, -0.2) is 131 Å². The van der Waals surface area contributed by atoms with Crippen LogP contribution in [0.4, 0.5) is 0 Å². The van der Waals surface area contributed by atoms with Gasteiger partial charge in [0.1, 0.15) is 26.8 Å². The number of aliphatic imine (C=N–C) groups is 4. The zero-order valence-corrected chi connectivity index (χ0v) is 18.9. The van der Waals surface area contributed by atoms with Crippen molar-refractivity contribution in [1.82, 2.24) is 42.5 Å². The number of nitrogens with two attached hydrogens (primary N) is 1. The second kappa shape index (κ2) is 15.0. The van der Waals surface area contributed by atoms with Crippen LogP contribution < -0.4 is 48.3 Å². The number of hydrogen-bond donors (Lipinski definition) is 14. The zero-order valence-electron chi connectivity index (χ0n) is 18.9. The smallest absolute Gasteiger partial charge is 0.359 e. The Morgan fingerprint density at radius 1 is 0.771 bits per heavy atom. The lowest BCUT2D eigenvalue weighted by atomic mass is 10.6. The first-order valence-electron chi connectivity index (χ1n) is 10.3. The summed E-state index contributed by atoms with van der Waals surface area (Å²) in [5.74, 6) is 0.781. The third-order valence-corrected chi connectivity index (χ3v) is 4.22. The quantitative estimate of drug-likeness (QED) is 0.123. The maximum absolute atomic E-state index is 9.99. The van der Waals surface area contributed by atoms with E-state index in [1.54, 1.807) is 0 Å². The van der Waals surface area contributed by atoms with E-state index >= 15 is 0 Å². The van der Waals surface area contributed by atoms with Gasteiger partial charge in [0.05, 0.1) is 0 Å². The summed E-state index contributed by atoms with van der Waals surface area (Å²) in [7, 11) is 0. The lowest BCUT2D eigenvalue weighted by Gasteiger charge is -2.17. The van der Waals surface area contributed by atoms with Crippen LogP contribution in [0.3, 0.4) is 0 Å². The molecule has 0 amide bonds. The molecule has 0 atom stereocenters. The van der Waals surface area contributed by atoms with Crippen molar-refractivity contribution in [2.75, 3.05) is 60.3 Å². The van der Waals surface area contributed by atoms with E-state index in [1.165, 1.54) is 9.15 Å². The van der Waals surface area contributed by atoms with E-state index in [2.05, 4.69) is 62.5 Å². The Kier molecular flexibility index (Phi) is 11.7. The van der Waals surface area contributed by atoms with Gasteiger partial charge in [-0.05, 0) is 0 Å². The van der Waals surface area contributed by atoms with Crippen LogP contribution in [0.5, 0.6) is 0 Å². The Morgan fingerprint density at radius 3 is 2.11 bits per heavy atom. The molecule has 2 aliphatic heterocycles. The van der Waals surface area contributed by atoms with E-state index in [0.717, 1.165) is 0 Å². The van der Waals surface area contributed by atoms with Gasteiger partial charge in [-0.25, -0.2) is 45.1 Å². The molecule has 0 saturated heterocycles. The number of hydrogen-bond acceptors (Lipinski definition) is 18. The molecule has 15 N–H and O–H groups in total. The summed E-state index contributed by atoms with van der Waals surface area (Å²) in [4.78, 5) is 16.8. The summed E-state index contributed by atoms with van der Waals surface area (Å²) in [6, 6.07) is 0. The van der Waals surface area contributed by atoms with E-state index in [1.807, 2.05) is 0 Å². The van der Waals surface area contributed by atoms with Gasteiger partial charge in [0.2, 0.25) is 5.96 Å². The lowest BCUT2D eigenvalue weighted by molar-refractivity contribution is -0.580. The largest absolute Gasteiger partial charge is 0.376 e. The highest BCUT2D eigenvalue weighted by Gasteiger charge is 2.22. The molecule has 0 radical (unpaired) electrons. The van der Waals surface area contributed by atoms with Crippen LogP contribution in [0, 0.1) is 0 Å². The molecule has 2 bridgehead atoms. The molecule has 2 rings (SSSR count). The predicted octanol–water partition coefficient (Wildman–Crippen LogP) is -8.57. The maximum Gasteiger partial charge on any atom is 0.359 e. The first-order chi connectivity index (χ1) is 17.0. The molecule has 0 saturated carbocycles. The lowest BCUT2D eigenvalue weighted by Crippen LogP contribution is -2.57. The highest BCUT2D eigenvalue weighted by Crippen LogP contribution is 1.87. The van der Waals surface area contributed by atoms with E-state index in [9.17, 15) is 25.5 Å². The number of guanidine groups is 6. The molecule has 0 aliphatic carbocycles. The summed E-state index contributed by atoms with van der Waals surface area (Å²) in [6.07, 6.45) is 0. The second-order valence-electron chi connectivity index (χ2n) is 6.46. The van der Waals surface area contributed by atoms with Crippen LogP contribution in [0.2, 0.25) is 0 Å². The number of aliphatic hydroxyl groups is 5. The maximum atomic E-state index is 9.99. The molecular formula is C15H33N15O5+2. The summed E-state index contributed by atoms with van der Waals surface area (Å²) >= 11 is 0. The molecule has 0 aromatic heterocycles. The van der Waals surface area contributed by atoms with Gasteiger partial charge in [-0.3, -0.25) is 10.6 Å². The van der Waals surface area contributed by atoms with Crippen LogP contribution in [-0.2, 0) is 0 Å². The molecule has 35 heavy (non-hydrogen) atoms. The topological polar surface area (TPSA) is 279 Å². The van der Waals surface area contributed by atoms with Gasteiger partial charge in [0, 0.05) is 0 Å². The number of fused-ring (bicyclic) bond motifs is 2. The van der Waals surface area contributed by atoms with E-state index in [-0.39, 0.29) is 62.4 Å².